The van der Waals surface area contributed by atoms with Crippen LogP contribution in [0.25, 0.3) is 28.2 Å². The minimum atomic E-state index is 0.802. The van der Waals surface area contributed by atoms with Crippen molar-refractivity contribution in [2.24, 2.45) is 0 Å². The zero-order chi connectivity index (χ0) is 14.9. The highest BCUT2D eigenvalue weighted by molar-refractivity contribution is 9.10. The fourth-order valence-corrected chi connectivity index (χ4v) is 2.91. The van der Waals surface area contributed by atoms with Crippen LogP contribution in [0.1, 0.15) is 0 Å². The van der Waals surface area contributed by atoms with Gasteiger partial charge in [-0.2, -0.15) is 0 Å². The van der Waals surface area contributed by atoms with Crippen molar-refractivity contribution < 1.29 is 0 Å². The van der Waals surface area contributed by atoms with E-state index in [1.807, 2.05) is 54.6 Å². The van der Waals surface area contributed by atoms with Crippen LogP contribution in [-0.4, -0.2) is 14.5 Å². The van der Waals surface area contributed by atoms with E-state index in [1.54, 1.807) is 0 Å². The Hall–Kier alpha value is -2.46. The van der Waals surface area contributed by atoms with Gasteiger partial charge in [-0.1, -0.05) is 36.4 Å². The summed E-state index contributed by atoms with van der Waals surface area (Å²) in [4.78, 5) is 9.34. The lowest BCUT2D eigenvalue weighted by atomic mass is 10.2. The van der Waals surface area contributed by atoms with Gasteiger partial charge < -0.3 is 0 Å². The molecule has 4 heteroatoms. The summed E-state index contributed by atoms with van der Waals surface area (Å²) in [6.45, 7) is 0. The summed E-state index contributed by atoms with van der Waals surface area (Å²) in [5.41, 5.74) is 3.95. The summed E-state index contributed by atoms with van der Waals surface area (Å²) >= 11 is 3.44. The molecule has 2 aromatic carbocycles. The van der Waals surface area contributed by atoms with Crippen LogP contribution in [0.3, 0.4) is 0 Å². The number of aromatic nitrogens is 3. The summed E-state index contributed by atoms with van der Waals surface area (Å²) in [7, 11) is 0. The van der Waals surface area contributed by atoms with Gasteiger partial charge in [-0.3, -0.25) is 4.57 Å². The molecule has 22 heavy (non-hydrogen) atoms. The summed E-state index contributed by atoms with van der Waals surface area (Å²) in [6.07, 6.45) is 0. The Kier molecular flexibility index (Phi) is 3.24. The second kappa shape index (κ2) is 5.39. The topological polar surface area (TPSA) is 30.7 Å². The van der Waals surface area contributed by atoms with E-state index in [9.17, 15) is 0 Å². The third kappa shape index (κ3) is 2.22. The first-order chi connectivity index (χ1) is 10.8. The van der Waals surface area contributed by atoms with E-state index in [-0.39, 0.29) is 0 Å². The fraction of sp³-hybridized carbons (Fsp3) is 0. The molecule has 0 atom stereocenters. The van der Waals surface area contributed by atoms with Gasteiger partial charge in [0.1, 0.15) is 10.3 Å². The smallest absolute Gasteiger partial charge is 0.164 e. The number of para-hydroxylation sites is 3. The molecule has 4 aromatic rings. The molecule has 106 valence electrons. The van der Waals surface area contributed by atoms with Gasteiger partial charge in [-0.05, 0) is 52.3 Å². The number of nitrogens with zero attached hydrogens (tertiary/aromatic N) is 3. The molecular weight excluding hydrogens is 338 g/mol. The average Bonchev–Trinajstić information content (AvgIpc) is 2.95. The van der Waals surface area contributed by atoms with E-state index in [2.05, 4.69) is 43.7 Å². The highest BCUT2D eigenvalue weighted by atomic mass is 79.9. The summed E-state index contributed by atoms with van der Waals surface area (Å²) in [5, 5.41) is 0. The normalized spacial score (nSPS) is 11.0. The van der Waals surface area contributed by atoms with Crippen molar-refractivity contribution in [2.75, 3.05) is 0 Å². The Morgan fingerprint density at radius 2 is 1.50 bits per heavy atom. The summed E-state index contributed by atoms with van der Waals surface area (Å²) in [6, 6.07) is 24.2. The van der Waals surface area contributed by atoms with Gasteiger partial charge >= 0.3 is 0 Å². The molecular formula is C18H12BrN3. The molecule has 0 aliphatic rings. The van der Waals surface area contributed by atoms with Gasteiger partial charge in [0.2, 0.25) is 0 Å². The Morgan fingerprint density at radius 1 is 0.727 bits per heavy atom. The maximum atomic E-state index is 4.78. The zero-order valence-corrected chi connectivity index (χ0v) is 13.2. The molecule has 0 saturated heterocycles. The van der Waals surface area contributed by atoms with Crippen molar-refractivity contribution >= 4 is 27.0 Å². The maximum absolute atomic E-state index is 4.78. The number of pyridine rings is 1. The Morgan fingerprint density at radius 3 is 2.32 bits per heavy atom. The van der Waals surface area contributed by atoms with Crippen molar-refractivity contribution in [1.82, 2.24) is 14.5 Å². The first-order valence-corrected chi connectivity index (χ1v) is 7.78. The lowest BCUT2D eigenvalue weighted by molar-refractivity contribution is 1.08. The van der Waals surface area contributed by atoms with Gasteiger partial charge in [-0.25, -0.2) is 9.97 Å². The van der Waals surface area contributed by atoms with Crippen molar-refractivity contribution in [3.63, 3.8) is 0 Å². The second-order valence-corrected chi connectivity index (χ2v) is 5.75. The minimum Gasteiger partial charge on any atom is -0.291 e. The quantitative estimate of drug-likeness (QED) is 0.484. The Labute approximate surface area is 136 Å². The molecule has 0 saturated carbocycles. The van der Waals surface area contributed by atoms with Crippen LogP contribution in [0.15, 0.2) is 77.4 Å². The van der Waals surface area contributed by atoms with Gasteiger partial charge in [0.05, 0.1) is 11.0 Å². The van der Waals surface area contributed by atoms with Crippen LogP contribution in [-0.2, 0) is 0 Å². The number of rotatable bonds is 2. The third-order valence-electron chi connectivity index (χ3n) is 3.52. The maximum Gasteiger partial charge on any atom is 0.164 e. The molecule has 0 spiro atoms. The second-order valence-electron chi connectivity index (χ2n) is 4.94. The van der Waals surface area contributed by atoms with Crippen molar-refractivity contribution in [2.45, 2.75) is 0 Å². The van der Waals surface area contributed by atoms with Gasteiger partial charge in [0.15, 0.2) is 5.82 Å². The van der Waals surface area contributed by atoms with Crippen LogP contribution >= 0.6 is 15.9 Å². The molecule has 3 nitrogen and oxygen atoms in total. The monoisotopic (exact) mass is 349 g/mol. The highest BCUT2D eigenvalue weighted by Crippen LogP contribution is 2.28. The lowest BCUT2D eigenvalue weighted by Gasteiger charge is -2.09. The van der Waals surface area contributed by atoms with Crippen LogP contribution in [0.2, 0.25) is 0 Å². The first kappa shape index (κ1) is 13.2. The third-order valence-corrected chi connectivity index (χ3v) is 3.96. The fourth-order valence-electron chi connectivity index (χ4n) is 2.57. The van der Waals surface area contributed by atoms with E-state index < -0.39 is 0 Å². The number of hydrogen-bond donors (Lipinski definition) is 0. The molecule has 4 rings (SSSR count). The van der Waals surface area contributed by atoms with Crippen LogP contribution in [0.4, 0.5) is 0 Å². The van der Waals surface area contributed by atoms with Crippen molar-refractivity contribution in [3.8, 4) is 17.2 Å². The van der Waals surface area contributed by atoms with E-state index in [0.29, 0.717) is 0 Å². The predicted molar refractivity (Wildman–Crippen MR) is 92.0 cm³/mol. The largest absolute Gasteiger partial charge is 0.291 e. The molecule has 0 aliphatic heterocycles. The van der Waals surface area contributed by atoms with E-state index in [4.69, 9.17) is 4.98 Å². The molecule has 0 radical (unpaired) electrons. The number of hydrogen-bond acceptors (Lipinski definition) is 2. The summed E-state index contributed by atoms with van der Waals surface area (Å²) in [5.74, 6) is 0.841. The number of benzene rings is 2. The predicted octanol–water partition coefficient (Wildman–Crippen LogP) is 4.85. The molecule has 0 fully saturated rings. The van der Waals surface area contributed by atoms with Crippen LogP contribution in [0, 0.1) is 0 Å². The van der Waals surface area contributed by atoms with Crippen molar-refractivity contribution in [1.29, 1.82) is 0 Å². The SMILES string of the molecule is Brc1cccc(-c2nc3ccccc3n2-c2ccccc2)n1. The molecule has 0 unspecified atom stereocenters. The number of imidazole rings is 1. The van der Waals surface area contributed by atoms with Gasteiger partial charge in [0.25, 0.3) is 0 Å². The summed E-state index contributed by atoms with van der Waals surface area (Å²) < 4.78 is 2.95. The zero-order valence-electron chi connectivity index (χ0n) is 11.6. The van der Waals surface area contributed by atoms with Crippen LogP contribution < -0.4 is 0 Å². The Balaban J connectivity index is 2.06. The van der Waals surface area contributed by atoms with E-state index >= 15 is 0 Å². The molecule has 0 bridgehead atoms. The standard InChI is InChI=1S/C18H12BrN3/c19-17-12-6-10-15(20-17)18-21-14-9-4-5-11-16(14)22(18)13-7-2-1-3-8-13/h1-12H. The van der Waals surface area contributed by atoms with Crippen molar-refractivity contribution in [3.05, 3.63) is 77.4 Å². The van der Waals surface area contributed by atoms with Crippen LogP contribution in [0.5, 0.6) is 0 Å². The number of fused-ring (bicyclic) bond motifs is 1. The minimum absolute atomic E-state index is 0.802. The van der Waals surface area contributed by atoms with Gasteiger partial charge in [0, 0.05) is 5.69 Å². The molecule has 2 heterocycles. The molecule has 0 amide bonds. The highest BCUT2D eigenvalue weighted by Gasteiger charge is 2.14. The lowest BCUT2D eigenvalue weighted by Crippen LogP contribution is -1.98. The van der Waals surface area contributed by atoms with E-state index in [1.165, 1.54) is 0 Å². The Bertz CT molecular complexity index is 945. The molecule has 0 aliphatic carbocycles. The van der Waals surface area contributed by atoms with Gasteiger partial charge in [-0.15, -0.1) is 0 Å². The van der Waals surface area contributed by atoms with E-state index in [0.717, 1.165) is 32.8 Å². The molecule has 2 aromatic heterocycles. The molecule has 0 N–H and O–H groups in total. The number of halogens is 1. The average molecular weight is 350 g/mol. The first-order valence-electron chi connectivity index (χ1n) is 6.99.